The van der Waals surface area contributed by atoms with E-state index in [0.29, 0.717) is 36.3 Å². The van der Waals surface area contributed by atoms with Crippen LogP contribution in [0.15, 0.2) is 12.4 Å². The van der Waals surface area contributed by atoms with Crippen molar-refractivity contribution < 1.29 is 19.5 Å². The van der Waals surface area contributed by atoms with Crippen LogP contribution in [0.3, 0.4) is 0 Å². The van der Waals surface area contributed by atoms with Gasteiger partial charge in [-0.05, 0) is 32.9 Å². The van der Waals surface area contributed by atoms with E-state index in [9.17, 15) is 9.59 Å². The number of H-pyrrole nitrogens is 1. The topological polar surface area (TPSA) is 110 Å². The van der Waals surface area contributed by atoms with E-state index in [2.05, 4.69) is 34.1 Å². The second-order valence-electron chi connectivity index (χ2n) is 9.20. The number of amides is 2. The molecule has 9 heteroatoms. The van der Waals surface area contributed by atoms with Crippen molar-refractivity contribution in [2.45, 2.75) is 32.1 Å². The summed E-state index contributed by atoms with van der Waals surface area (Å²) in [5.74, 6) is 1.30. The summed E-state index contributed by atoms with van der Waals surface area (Å²) >= 11 is 0. The van der Waals surface area contributed by atoms with Crippen molar-refractivity contribution >= 4 is 18.3 Å². The normalized spacial score (nSPS) is 25.9. The molecule has 0 unspecified atom stereocenters. The van der Waals surface area contributed by atoms with Crippen molar-refractivity contribution in [1.29, 1.82) is 0 Å². The molecule has 1 aromatic heterocycles. The van der Waals surface area contributed by atoms with Crippen LogP contribution in [0.5, 0.6) is 0 Å². The van der Waals surface area contributed by atoms with Crippen LogP contribution in [0, 0.1) is 17.3 Å². The zero-order valence-electron chi connectivity index (χ0n) is 17.9. The molecule has 2 atom stereocenters. The van der Waals surface area contributed by atoms with Crippen LogP contribution in [0.2, 0.25) is 0 Å². The molecule has 0 spiro atoms. The summed E-state index contributed by atoms with van der Waals surface area (Å²) in [7, 11) is 4.16. The molecule has 30 heavy (non-hydrogen) atoms. The van der Waals surface area contributed by atoms with Gasteiger partial charge in [-0.1, -0.05) is 12.8 Å². The van der Waals surface area contributed by atoms with Crippen LogP contribution in [-0.4, -0.2) is 95.1 Å². The molecule has 3 fully saturated rings. The highest BCUT2D eigenvalue weighted by Gasteiger charge is 2.54. The second-order valence-corrected chi connectivity index (χ2v) is 9.20. The Morgan fingerprint density at radius 3 is 2.50 bits per heavy atom. The van der Waals surface area contributed by atoms with Gasteiger partial charge < -0.3 is 19.8 Å². The number of hydrogen-bond acceptors (Lipinski definition) is 5. The molecule has 3 heterocycles. The van der Waals surface area contributed by atoms with Gasteiger partial charge in [-0.15, -0.1) is 0 Å². The van der Waals surface area contributed by atoms with Crippen molar-refractivity contribution in [2.24, 2.45) is 17.3 Å². The highest BCUT2D eigenvalue weighted by molar-refractivity contribution is 5.94. The van der Waals surface area contributed by atoms with Crippen LogP contribution in [-0.2, 0) is 9.59 Å². The Kier molecular flexibility index (Phi) is 7.12. The van der Waals surface area contributed by atoms with Gasteiger partial charge in [0, 0.05) is 56.7 Å². The van der Waals surface area contributed by atoms with Crippen LogP contribution < -0.4 is 0 Å². The first-order valence-electron chi connectivity index (χ1n) is 10.7. The standard InChI is InChI=1S/C20H31N5O2.CH2O2/c1-23(2)12-20-13-24(18(26)7-15-5-3-4-6-15)10-17(20)11-25(14-20)19(27)16-8-21-22-9-16;2-1-3/h8-9,15,17H,3-7,10-14H2,1-2H3,(H,21,22);1H,(H,2,3)/t17-,20+;/m1./s1. The molecule has 1 saturated carbocycles. The van der Waals surface area contributed by atoms with Crippen molar-refractivity contribution in [3.8, 4) is 0 Å². The number of likely N-dealkylation sites (tertiary alicyclic amines) is 2. The lowest BCUT2D eigenvalue weighted by Crippen LogP contribution is -2.43. The Morgan fingerprint density at radius 2 is 1.90 bits per heavy atom. The lowest BCUT2D eigenvalue weighted by Gasteiger charge is -2.32. The fourth-order valence-electron chi connectivity index (χ4n) is 5.52. The average Bonchev–Trinajstić information content (AvgIpc) is 3.45. The maximum atomic E-state index is 12.9. The van der Waals surface area contributed by atoms with Crippen LogP contribution in [0.25, 0.3) is 0 Å². The fourth-order valence-corrected chi connectivity index (χ4v) is 5.52. The Bertz CT molecular complexity index is 732. The number of aromatic amines is 1. The number of hydrogen-bond donors (Lipinski definition) is 2. The fraction of sp³-hybridized carbons (Fsp3) is 0.714. The minimum Gasteiger partial charge on any atom is -0.483 e. The molecular formula is C21H33N5O4. The first-order chi connectivity index (χ1) is 14.4. The number of fused-ring (bicyclic) bond motifs is 1. The van der Waals surface area contributed by atoms with Gasteiger partial charge in [-0.3, -0.25) is 19.5 Å². The third kappa shape index (κ3) is 4.83. The molecule has 0 bridgehead atoms. The van der Waals surface area contributed by atoms with Gasteiger partial charge in [0.1, 0.15) is 0 Å². The molecule has 2 aliphatic heterocycles. The van der Waals surface area contributed by atoms with Gasteiger partial charge in [0.05, 0.1) is 11.8 Å². The van der Waals surface area contributed by atoms with Gasteiger partial charge in [0.25, 0.3) is 12.4 Å². The highest BCUT2D eigenvalue weighted by Crippen LogP contribution is 2.44. The summed E-state index contributed by atoms with van der Waals surface area (Å²) in [6, 6.07) is 0. The number of carbonyl (C=O) groups is 3. The lowest BCUT2D eigenvalue weighted by atomic mass is 9.80. The molecule has 2 amide bonds. The van der Waals surface area contributed by atoms with Crippen molar-refractivity contribution in [2.75, 3.05) is 46.8 Å². The summed E-state index contributed by atoms with van der Waals surface area (Å²) in [5, 5.41) is 13.5. The van der Waals surface area contributed by atoms with E-state index in [-0.39, 0.29) is 17.8 Å². The smallest absolute Gasteiger partial charge is 0.290 e. The van der Waals surface area contributed by atoms with Gasteiger partial charge in [0.2, 0.25) is 5.91 Å². The molecule has 1 aliphatic carbocycles. The van der Waals surface area contributed by atoms with Gasteiger partial charge in [-0.25, -0.2) is 0 Å². The van der Waals surface area contributed by atoms with E-state index in [0.717, 1.165) is 26.2 Å². The first-order valence-corrected chi connectivity index (χ1v) is 10.7. The maximum absolute atomic E-state index is 12.9. The summed E-state index contributed by atoms with van der Waals surface area (Å²) in [6.45, 7) is 3.66. The van der Waals surface area contributed by atoms with Crippen LogP contribution in [0.4, 0.5) is 0 Å². The highest BCUT2D eigenvalue weighted by atomic mass is 16.3. The number of rotatable bonds is 5. The van der Waals surface area contributed by atoms with E-state index < -0.39 is 0 Å². The first kappa shape index (κ1) is 22.3. The minimum absolute atomic E-state index is 0.0196. The molecule has 9 nitrogen and oxygen atoms in total. The monoisotopic (exact) mass is 419 g/mol. The number of carboxylic acid groups (broad SMARTS) is 1. The maximum Gasteiger partial charge on any atom is 0.290 e. The second kappa shape index (κ2) is 9.59. The van der Waals surface area contributed by atoms with Gasteiger partial charge in [0.15, 0.2) is 0 Å². The Labute approximate surface area is 177 Å². The Morgan fingerprint density at radius 1 is 1.27 bits per heavy atom. The van der Waals surface area contributed by atoms with Crippen LogP contribution >= 0.6 is 0 Å². The van der Waals surface area contributed by atoms with E-state index in [4.69, 9.17) is 9.90 Å². The molecule has 0 aromatic carbocycles. The molecule has 1 aromatic rings. The summed E-state index contributed by atoms with van der Waals surface area (Å²) in [6.07, 6.45) is 8.92. The summed E-state index contributed by atoms with van der Waals surface area (Å²) in [5.41, 5.74) is 0.595. The number of nitrogens with zero attached hydrogens (tertiary/aromatic N) is 4. The molecule has 2 N–H and O–H groups in total. The molecule has 4 rings (SSSR count). The molecular weight excluding hydrogens is 386 g/mol. The predicted octanol–water partition coefficient (Wildman–Crippen LogP) is 1.15. The van der Waals surface area contributed by atoms with Crippen LogP contribution in [0.1, 0.15) is 42.5 Å². The zero-order chi connectivity index (χ0) is 21.7. The lowest BCUT2D eigenvalue weighted by molar-refractivity contribution is -0.131. The van der Waals surface area contributed by atoms with Gasteiger partial charge in [-0.2, -0.15) is 5.10 Å². The molecule has 2 saturated heterocycles. The predicted molar refractivity (Wildman–Crippen MR) is 111 cm³/mol. The quantitative estimate of drug-likeness (QED) is 0.693. The third-order valence-corrected chi connectivity index (χ3v) is 6.71. The van der Waals surface area contributed by atoms with Crippen molar-refractivity contribution in [3.05, 3.63) is 18.0 Å². The zero-order valence-corrected chi connectivity index (χ0v) is 17.9. The average molecular weight is 420 g/mol. The molecule has 3 aliphatic rings. The van der Waals surface area contributed by atoms with E-state index >= 15 is 0 Å². The Balaban J connectivity index is 0.000000806. The number of aromatic nitrogens is 2. The third-order valence-electron chi connectivity index (χ3n) is 6.71. The van der Waals surface area contributed by atoms with Crippen molar-refractivity contribution in [1.82, 2.24) is 24.9 Å². The Hall–Kier alpha value is -2.42. The van der Waals surface area contributed by atoms with Gasteiger partial charge >= 0.3 is 0 Å². The largest absolute Gasteiger partial charge is 0.483 e. The summed E-state index contributed by atoms with van der Waals surface area (Å²) in [4.78, 5) is 40.3. The number of carbonyl (C=O) groups excluding carboxylic acids is 2. The van der Waals surface area contributed by atoms with E-state index in [1.54, 1.807) is 12.4 Å². The molecule has 166 valence electrons. The minimum atomic E-state index is -0.250. The van der Waals surface area contributed by atoms with E-state index in [1.165, 1.54) is 25.7 Å². The van der Waals surface area contributed by atoms with E-state index in [1.807, 2.05) is 4.90 Å². The summed E-state index contributed by atoms with van der Waals surface area (Å²) < 4.78 is 0. The van der Waals surface area contributed by atoms with Crippen molar-refractivity contribution in [3.63, 3.8) is 0 Å². The molecule has 0 radical (unpaired) electrons. The number of nitrogens with one attached hydrogen (secondary N) is 1. The SMILES string of the molecule is CN(C)C[C@@]12CN(C(=O)CC3CCCC3)C[C@@H]1CN(C(=O)c1cn[nH]c1)C2.O=CO.